The Hall–Kier alpha value is -3.08. The lowest BCUT2D eigenvalue weighted by Crippen LogP contribution is -2.27. The zero-order valence-corrected chi connectivity index (χ0v) is 13.7. The molecule has 4 N–H and O–H groups in total. The van der Waals surface area contributed by atoms with Crippen molar-refractivity contribution in [3.8, 4) is 11.4 Å². The molecule has 0 spiro atoms. The maximum absolute atomic E-state index is 12.5. The Labute approximate surface area is 146 Å². The maximum Gasteiger partial charge on any atom is 0.471 e. The van der Waals surface area contributed by atoms with Crippen molar-refractivity contribution >= 4 is 5.97 Å². The number of esters is 1. The molecule has 1 aromatic carbocycles. The van der Waals surface area contributed by atoms with Gasteiger partial charge in [-0.1, -0.05) is 29.4 Å². The van der Waals surface area contributed by atoms with Crippen LogP contribution in [0.15, 0.2) is 40.7 Å². The van der Waals surface area contributed by atoms with Gasteiger partial charge in [-0.05, 0) is 5.56 Å². The van der Waals surface area contributed by atoms with Crippen LogP contribution in [0.5, 0.6) is 0 Å². The SMILES string of the molecule is CC(=O)OC/C(N)=C/N(N)Cc1ccc(-c2noc(C(F)(F)F)n2)cc1. The van der Waals surface area contributed by atoms with Crippen LogP contribution < -0.4 is 11.6 Å². The van der Waals surface area contributed by atoms with Crippen molar-refractivity contribution in [3.05, 3.63) is 47.6 Å². The van der Waals surface area contributed by atoms with E-state index < -0.39 is 18.0 Å². The number of alkyl halides is 3. The van der Waals surface area contributed by atoms with Crippen LogP contribution in [-0.2, 0) is 22.3 Å². The highest BCUT2D eigenvalue weighted by atomic mass is 19.4. The van der Waals surface area contributed by atoms with Gasteiger partial charge in [-0.3, -0.25) is 4.79 Å². The quantitative estimate of drug-likeness (QED) is 0.448. The number of rotatable bonds is 6. The predicted molar refractivity (Wildman–Crippen MR) is 83.4 cm³/mol. The largest absolute Gasteiger partial charge is 0.471 e. The topological polar surface area (TPSA) is 120 Å². The molecule has 1 aromatic heterocycles. The van der Waals surface area contributed by atoms with Crippen LogP contribution in [0.4, 0.5) is 13.2 Å². The molecule has 0 atom stereocenters. The number of ether oxygens (including phenoxy) is 1. The van der Waals surface area contributed by atoms with Crippen molar-refractivity contribution in [2.45, 2.75) is 19.6 Å². The molecule has 140 valence electrons. The van der Waals surface area contributed by atoms with Gasteiger partial charge in [0.25, 0.3) is 0 Å². The van der Waals surface area contributed by atoms with Crippen LogP contribution in [0, 0.1) is 0 Å². The molecular weight excluding hydrogens is 355 g/mol. The summed E-state index contributed by atoms with van der Waals surface area (Å²) in [5.74, 6) is 3.75. The lowest BCUT2D eigenvalue weighted by molar-refractivity contribution is -0.159. The number of hydrogen-bond donors (Lipinski definition) is 2. The van der Waals surface area contributed by atoms with E-state index in [1.165, 1.54) is 18.1 Å². The van der Waals surface area contributed by atoms with Gasteiger partial charge in [-0.2, -0.15) is 18.2 Å². The van der Waals surface area contributed by atoms with Crippen molar-refractivity contribution in [2.75, 3.05) is 6.61 Å². The number of carbonyl (C=O) groups is 1. The van der Waals surface area contributed by atoms with E-state index >= 15 is 0 Å². The number of nitrogens with two attached hydrogens (primary N) is 2. The van der Waals surface area contributed by atoms with E-state index in [0.717, 1.165) is 5.56 Å². The third-order valence-electron chi connectivity index (χ3n) is 3.02. The van der Waals surface area contributed by atoms with E-state index in [4.69, 9.17) is 16.3 Å². The van der Waals surface area contributed by atoms with Crippen molar-refractivity contribution in [1.82, 2.24) is 15.1 Å². The lowest BCUT2D eigenvalue weighted by Gasteiger charge is -2.15. The molecule has 0 aliphatic carbocycles. The zero-order valence-electron chi connectivity index (χ0n) is 13.7. The first-order chi connectivity index (χ1) is 12.1. The van der Waals surface area contributed by atoms with Gasteiger partial charge in [0.15, 0.2) is 0 Å². The fourth-order valence-corrected chi connectivity index (χ4v) is 1.91. The average Bonchev–Trinajstić information content (AvgIpc) is 3.04. The molecule has 0 saturated heterocycles. The highest BCUT2D eigenvalue weighted by Crippen LogP contribution is 2.29. The Bertz CT molecular complexity index is 787. The van der Waals surface area contributed by atoms with Crippen LogP contribution >= 0.6 is 0 Å². The van der Waals surface area contributed by atoms with E-state index in [1.54, 1.807) is 24.3 Å². The van der Waals surface area contributed by atoms with Crippen LogP contribution in [-0.4, -0.2) is 27.7 Å². The highest BCUT2D eigenvalue weighted by Gasteiger charge is 2.38. The van der Waals surface area contributed by atoms with Gasteiger partial charge in [0.05, 0.1) is 12.2 Å². The van der Waals surface area contributed by atoms with E-state index in [1.807, 2.05) is 0 Å². The molecular formula is C15H16F3N5O3. The lowest BCUT2D eigenvalue weighted by atomic mass is 10.1. The van der Waals surface area contributed by atoms with Gasteiger partial charge in [0, 0.05) is 18.7 Å². The third-order valence-corrected chi connectivity index (χ3v) is 3.02. The number of benzene rings is 1. The molecule has 2 rings (SSSR count). The Morgan fingerprint density at radius 2 is 2.00 bits per heavy atom. The van der Waals surface area contributed by atoms with E-state index in [9.17, 15) is 18.0 Å². The molecule has 0 saturated carbocycles. The summed E-state index contributed by atoms with van der Waals surface area (Å²) in [6.45, 7) is 1.44. The predicted octanol–water partition coefficient (Wildman–Crippen LogP) is 1.79. The molecule has 2 aromatic rings. The van der Waals surface area contributed by atoms with Gasteiger partial charge in [0.2, 0.25) is 5.82 Å². The molecule has 0 fully saturated rings. The van der Waals surface area contributed by atoms with Gasteiger partial charge in [-0.15, -0.1) is 0 Å². The number of hydrazine groups is 1. The first kappa shape index (κ1) is 19.2. The fourth-order valence-electron chi connectivity index (χ4n) is 1.91. The summed E-state index contributed by atoms with van der Waals surface area (Å²) < 4.78 is 46.3. The van der Waals surface area contributed by atoms with Crippen molar-refractivity contribution in [2.24, 2.45) is 11.6 Å². The van der Waals surface area contributed by atoms with Crippen LogP contribution in [0.2, 0.25) is 0 Å². The average molecular weight is 371 g/mol. The van der Waals surface area contributed by atoms with Gasteiger partial charge >= 0.3 is 18.0 Å². The summed E-state index contributed by atoms with van der Waals surface area (Å²) in [7, 11) is 0. The molecule has 8 nitrogen and oxygen atoms in total. The van der Waals surface area contributed by atoms with Crippen molar-refractivity contribution in [3.63, 3.8) is 0 Å². The van der Waals surface area contributed by atoms with E-state index in [2.05, 4.69) is 14.7 Å². The smallest absolute Gasteiger partial charge is 0.459 e. The van der Waals surface area contributed by atoms with Gasteiger partial charge in [0.1, 0.15) is 6.61 Å². The molecule has 0 aliphatic heterocycles. The van der Waals surface area contributed by atoms with Crippen molar-refractivity contribution in [1.29, 1.82) is 0 Å². The number of carbonyl (C=O) groups excluding carboxylic acids is 1. The second-order valence-corrected chi connectivity index (χ2v) is 5.27. The van der Waals surface area contributed by atoms with Crippen molar-refractivity contribution < 1.29 is 27.2 Å². The molecule has 0 unspecified atom stereocenters. The standard InChI is InChI=1S/C15H16F3N5O3/c1-9(24)25-8-12(19)7-23(20)6-10-2-4-11(5-3-10)13-21-14(26-22-13)15(16,17)18/h2-5,7H,6,8,19-20H2,1H3/b12-7-. The molecule has 11 heteroatoms. The first-order valence-corrected chi connectivity index (χ1v) is 7.26. The summed E-state index contributed by atoms with van der Waals surface area (Å²) in [6, 6.07) is 6.38. The summed E-state index contributed by atoms with van der Waals surface area (Å²) in [6.07, 6.45) is -3.28. The Balaban J connectivity index is 2.00. The maximum atomic E-state index is 12.5. The molecule has 26 heavy (non-hydrogen) atoms. The fraction of sp³-hybridized carbons (Fsp3) is 0.267. The van der Waals surface area contributed by atoms with Crippen LogP contribution in [0.3, 0.4) is 0 Å². The minimum atomic E-state index is -4.69. The minimum Gasteiger partial charge on any atom is -0.459 e. The number of hydrogen-bond acceptors (Lipinski definition) is 8. The van der Waals surface area contributed by atoms with E-state index in [-0.39, 0.29) is 24.7 Å². The molecule has 0 amide bonds. The summed E-state index contributed by atoms with van der Waals surface area (Å²) in [5, 5.41) is 4.59. The zero-order chi connectivity index (χ0) is 19.3. The summed E-state index contributed by atoms with van der Waals surface area (Å²) in [5.41, 5.74) is 7.03. The van der Waals surface area contributed by atoms with Gasteiger partial charge in [-0.25, -0.2) is 5.84 Å². The molecule has 0 radical (unpaired) electrons. The Morgan fingerprint density at radius 1 is 1.35 bits per heavy atom. The number of nitrogens with zero attached hydrogens (tertiary/aromatic N) is 3. The second-order valence-electron chi connectivity index (χ2n) is 5.27. The molecule has 1 heterocycles. The third kappa shape index (κ3) is 5.48. The first-order valence-electron chi connectivity index (χ1n) is 7.26. The van der Waals surface area contributed by atoms with Gasteiger partial charge < -0.3 is 20.0 Å². The van der Waals surface area contributed by atoms with Crippen LogP contribution in [0.1, 0.15) is 18.4 Å². The summed E-state index contributed by atoms with van der Waals surface area (Å²) >= 11 is 0. The number of halogens is 3. The normalized spacial score (nSPS) is 12.1. The molecule has 0 bridgehead atoms. The molecule has 0 aliphatic rings. The van der Waals surface area contributed by atoms with Crippen LogP contribution in [0.25, 0.3) is 11.4 Å². The van der Waals surface area contributed by atoms with E-state index in [0.29, 0.717) is 5.56 Å². The number of aromatic nitrogens is 2. The summed E-state index contributed by atoms with van der Waals surface area (Å²) in [4.78, 5) is 14.0. The Morgan fingerprint density at radius 3 is 2.54 bits per heavy atom. The monoisotopic (exact) mass is 371 g/mol. The Kier molecular flexibility index (Phi) is 5.82. The minimum absolute atomic E-state index is 0.0820. The highest BCUT2D eigenvalue weighted by molar-refractivity contribution is 5.66. The second kappa shape index (κ2) is 7.87.